The molecule has 0 rings (SSSR count). The number of ether oxygens (including phenoxy) is 2. The first-order valence-electron chi connectivity index (χ1n) is 15.1. The maximum absolute atomic E-state index is 13.0. The molecule has 0 saturated heterocycles. The third-order valence-electron chi connectivity index (χ3n) is 6.51. The first-order valence-corrected chi connectivity index (χ1v) is 15.1. The number of hydrogen-bond acceptors (Lipinski definition) is 6. The van der Waals surface area contributed by atoms with Crippen molar-refractivity contribution >= 4 is 11.7 Å². The van der Waals surface area contributed by atoms with E-state index in [9.17, 15) is 9.59 Å². The molecule has 0 bridgehead atoms. The lowest BCUT2D eigenvalue weighted by atomic mass is 10.0. The number of rotatable bonds is 28. The minimum atomic E-state index is -0.944. The fourth-order valence-corrected chi connectivity index (χ4v) is 4.26. The van der Waals surface area contributed by atoms with Crippen molar-refractivity contribution in [3.05, 3.63) is 0 Å². The molecule has 1 amide bonds. The molecule has 0 aliphatic rings. The van der Waals surface area contributed by atoms with Gasteiger partial charge in [0.15, 0.2) is 18.0 Å². The fraction of sp³-hybridized carbons (Fsp3) is 0.931. The average Bonchev–Trinajstić information content (AvgIpc) is 2.88. The van der Waals surface area contributed by atoms with E-state index >= 15 is 0 Å². The number of nitrogens with two attached hydrogens (primary N) is 2. The lowest BCUT2D eigenvalue weighted by Gasteiger charge is -2.26. The summed E-state index contributed by atoms with van der Waals surface area (Å²) in [5, 5.41) is 2.79. The van der Waals surface area contributed by atoms with Crippen molar-refractivity contribution in [2.75, 3.05) is 32.8 Å². The van der Waals surface area contributed by atoms with Crippen molar-refractivity contribution in [3.63, 3.8) is 0 Å². The Morgan fingerprint density at radius 1 is 0.611 bits per heavy atom. The summed E-state index contributed by atoms with van der Waals surface area (Å²) in [4.78, 5) is 25.9. The molecule has 0 unspecified atom stereocenters. The molecule has 0 heterocycles. The van der Waals surface area contributed by atoms with E-state index in [2.05, 4.69) is 19.2 Å². The van der Waals surface area contributed by atoms with Crippen LogP contribution in [0.25, 0.3) is 0 Å². The normalized spacial score (nSPS) is 13.0. The molecule has 0 radical (unpaired) electrons. The van der Waals surface area contributed by atoms with Gasteiger partial charge in [-0.3, -0.25) is 9.59 Å². The van der Waals surface area contributed by atoms with Crippen molar-refractivity contribution < 1.29 is 19.1 Å². The number of nitrogens with one attached hydrogen (secondary N) is 1. The third kappa shape index (κ3) is 20.1. The molecule has 5 N–H and O–H groups in total. The van der Waals surface area contributed by atoms with Crippen LogP contribution in [0.4, 0.5) is 0 Å². The molecule has 0 saturated carbocycles. The molecule has 0 aromatic heterocycles. The van der Waals surface area contributed by atoms with E-state index in [1.807, 2.05) is 0 Å². The van der Waals surface area contributed by atoms with E-state index in [-0.39, 0.29) is 11.7 Å². The van der Waals surface area contributed by atoms with Gasteiger partial charge in [-0.05, 0) is 25.8 Å². The van der Waals surface area contributed by atoms with Gasteiger partial charge in [0.25, 0.3) is 5.91 Å². The summed E-state index contributed by atoms with van der Waals surface area (Å²) in [7, 11) is 0. The lowest BCUT2D eigenvalue weighted by molar-refractivity contribution is -0.156. The molecule has 214 valence electrons. The molecule has 7 heteroatoms. The molecule has 0 aromatic rings. The van der Waals surface area contributed by atoms with Crippen molar-refractivity contribution in [1.82, 2.24) is 5.32 Å². The number of amides is 1. The van der Waals surface area contributed by atoms with Gasteiger partial charge in [-0.25, -0.2) is 0 Å². The van der Waals surface area contributed by atoms with Crippen LogP contribution in [-0.2, 0) is 19.1 Å². The zero-order chi connectivity index (χ0) is 26.7. The van der Waals surface area contributed by atoms with E-state index in [0.717, 1.165) is 25.7 Å². The molecular formula is C29H59N3O4. The summed E-state index contributed by atoms with van der Waals surface area (Å²) >= 11 is 0. The Morgan fingerprint density at radius 2 is 1.06 bits per heavy atom. The molecule has 0 spiro atoms. The number of carbonyl (C=O) groups excluding carboxylic acids is 2. The average molecular weight is 514 g/mol. The van der Waals surface area contributed by atoms with E-state index in [4.69, 9.17) is 20.9 Å². The zero-order valence-electron chi connectivity index (χ0n) is 23.7. The summed E-state index contributed by atoms with van der Waals surface area (Å²) in [5.41, 5.74) is 11.2. The first kappa shape index (κ1) is 35.0. The minimum absolute atomic E-state index is 0.108. The van der Waals surface area contributed by atoms with Gasteiger partial charge in [0, 0.05) is 32.7 Å². The van der Waals surface area contributed by atoms with Crippen LogP contribution in [0.1, 0.15) is 129 Å². The monoisotopic (exact) mass is 513 g/mol. The maximum Gasteiger partial charge on any atom is 0.252 e. The molecule has 0 aliphatic carbocycles. The van der Waals surface area contributed by atoms with Crippen LogP contribution < -0.4 is 16.8 Å². The summed E-state index contributed by atoms with van der Waals surface area (Å²) in [5.74, 6) is -0.425. The Morgan fingerprint density at radius 3 is 1.50 bits per heavy atom. The van der Waals surface area contributed by atoms with Crippen LogP contribution >= 0.6 is 0 Å². The van der Waals surface area contributed by atoms with Crippen molar-refractivity contribution in [2.45, 2.75) is 142 Å². The summed E-state index contributed by atoms with van der Waals surface area (Å²) in [6, 6.07) is 0. The molecule has 0 fully saturated rings. The lowest BCUT2D eigenvalue weighted by Crippen LogP contribution is -2.50. The van der Waals surface area contributed by atoms with Crippen LogP contribution in [0, 0.1) is 0 Å². The predicted octanol–water partition coefficient (Wildman–Crippen LogP) is 5.42. The number of ketones is 1. The molecule has 36 heavy (non-hydrogen) atoms. The van der Waals surface area contributed by atoms with Crippen molar-refractivity contribution in [1.29, 1.82) is 0 Å². The number of carbonyl (C=O) groups is 2. The molecule has 0 aliphatic heterocycles. The van der Waals surface area contributed by atoms with Crippen LogP contribution in [0.15, 0.2) is 0 Å². The Hall–Kier alpha value is -1.02. The highest BCUT2D eigenvalue weighted by atomic mass is 16.5. The Bertz CT molecular complexity index is 461. The van der Waals surface area contributed by atoms with E-state index < -0.39 is 12.2 Å². The first-order chi connectivity index (χ1) is 17.6. The fourth-order valence-electron chi connectivity index (χ4n) is 4.26. The van der Waals surface area contributed by atoms with Gasteiger partial charge >= 0.3 is 0 Å². The Kier molecular flexibility index (Phi) is 26.3. The number of hydrogen-bond donors (Lipinski definition) is 3. The predicted molar refractivity (Wildman–Crippen MR) is 150 cm³/mol. The highest BCUT2D eigenvalue weighted by Gasteiger charge is 2.34. The van der Waals surface area contributed by atoms with E-state index in [1.54, 1.807) is 0 Å². The van der Waals surface area contributed by atoms with Crippen LogP contribution in [0.5, 0.6) is 0 Å². The third-order valence-corrected chi connectivity index (χ3v) is 6.51. The van der Waals surface area contributed by atoms with E-state index in [0.29, 0.717) is 45.7 Å². The highest BCUT2D eigenvalue weighted by molar-refractivity contribution is 5.92. The zero-order valence-corrected chi connectivity index (χ0v) is 23.7. The minimum Gasteiger partial charge on any atom is -0.367 e. The van der Waals surface area contributed by atoms with Crippen LogP contribution in [0.3, 0.4) is 0 Å². The molecule has 7 nitrogen and oxygen atoms in total. The van der Waals surface area contributed by atoms with Gasteiger partial charge in [0.05, 0.1) is 0 Å². The molecule has 2 atom stereocenters. The summed E-state index contributed by atoms with van der Waals surface area (Å²) in [6.45, 7) is 6.46. The second-order valence-electron chi connectivity index (χ2n) is 9.97. The smallest absolute Gasteiger partial charge is 0.252 e. The van der Waals surface area contributed by atoms with Gasteiger partial charge in [-0.1, -0.05) is 104 Å². The quantitative estimate of drug-likeness (QED) is 0.120. The van der Waals surface area contributed by atoms with Gasteiger partial charge in [0.1, 0.15) is 0 Å². The SMILES string of the molecule is CCCCCCCCCCO[C@@H](C(=O)CCCN)[C@@H](OCCCCCCCCCC)C(=O)NCCN. The van der Waals surface area contributed by atoms with Crippen molar-refractivity contribution in [3.8, 4) is 0 Å². The van der Waals surface area contributed by atoms with Gasteiger partial charge in [-0.2, -0.15) is 0 Å². The van der Waals surface area contributed by atoms with Gasteiger partial charge in [0.2, 0.25) is 0 Å². The second-order valence-corrected chi connectivity index (χ2v) is 9.97. The largest absolute Gasteiger partial charge is 0.367 e. The number of Topliss-reactive ketones (excluding diaryl/α,β-unsaturated/α-hetero) is 1. The van der Waals surface area contributed by atoms with Crippen molar-refractivity contribution in [2.24, 2.45) is 11.5 Å². The maximum atomic E-state index is 13.0. The van der Waals surface area contributed by atoms with Crippen LogP contribution in [0.2, 0.25) is 0 Å². The molecular weight excluding hydrogens is 454 g/mol. The summed E-state index contributed by atoms with van der Waals surface area (Å²) in [6.07, 6.45) is 18.0. The van der Waals surface area contributed by atoms with E-state index in [1.165, 1.54) is 77.0 Å². The highest BCUT2D eigenvalue weighted by Crippen LogP contribution is 2.15. The van der Waals surface area contributed by atoms with Gasteiger partial charge in [-0.15, -0.1) is 0 Å². The number of unbranched alkanes of at least 4 members (excludes halogenated alkanes) is 14. The second kappa shape index (κ2) is 27.0. The Balaban J connectivity index is 4.74. The van der Waals surface area contributed by atoms with Crippen LogP contribution in [-0.4, -0.2) is 56.7 Å². The summed E-state index contributed by atoms with van der Waals surface area (Å²) < 4.78 is 12.0. The topological polar surface area (TPSA) is 117 Å². The molecule has 0 aromatic carbocycles. The standard InChI is InChI=1S/C29H59N3O4/c1-3-5-7-9-11-13-15-17-24-35-27(26(33)20-19-21-30)28(29(34)32-23-22-31)36-25-18-16-14-12-10-8-6-4-2/h27-28H,3-25,30-31H2,1-2H3,(H,32,34)/t27-,28+/m0/s1. The van der Waals surface area contributed by atoms with Gasteiger partial charge < -0.3 is 26.3 Å². The Labute approximate surface area is 222 Å².